The molecule has 9 heteroatoms. The van der Waals surface area contributed by atoms with E-state index in [9.17, 15) is 10.2 Å². The van der Waals surface area contributed by atoms with Crippen molar-refractivity contribution in [2.75, 3.05) is 5.73 Å². The summed E-state index contributed by atoms with van der Waals surface area (Å²) in [5.41, 5.74) is 5.66. The predicted octanol–water partition coefficient (Wildman–Crippen LogP) is -0.654. The molecule has 2 aromatic heterocycles. The molecule has 0 bridgehead atoms. The van der Waals surface area contributed by atoms with Crippen LogP contribution >= 0.6 is 12.6 Å². The lowest BCUT2D eigenvalue weighted by atomic mass is 10.1. The Morgan fingerprint density at radius 1 is 1.60 bits per heavy atom. The highest BCUT2D eigenvalue weighted by Crippen LogP contribution is 2.36. The number of anilines is 1. The Hall–Kier alpha value is -1.42. The minimum absolute atomic E-state index is 0.0224. The predicted molar refractivity (Wildman–Crippen MR) is 74.1 cm³/mol. The number of fused-ring (bicyclic) bond motifs is 1. The first-order chi connectivity index (χ1) is 11.2. The first-order valence-corrected chi connectivity index (χ1v) is 5.97. The quantitative estimate of drug-likeness (QED) is 0.544. The van der Waals surface area contributed by atoms with Crippen LogP contribution in [0.2, 0.25) is 0 Å². The maximum absolute atomic E-state index is 10.4. The fourth-order valence-electron chi connectivity index (χ4n) is 1.81. The van der Waals surface area contributed by atoms with Gasteiger partial charge in [0.05, 0.1) is 29.2 Å². The van der Waals surface area contributed by atoms with Crippen LogP contribution in [-0.2, 0) is 4.74 Å². The van der Waals surface area contributed by atoms with Gasteiger partial charge >= 0.3 is 0 Å². The van der Waals surface area contributed by atoms with Crippen molar-refractivity contribution >= 4 is 29.6 Å². The van der Waals surface area contributed by atoms with E-state index in [0.717, 1.165) is 24.1 Å². The number of ether oxygens (including phenoxy) is 1. The van der Waals surface area contributed by atoms with Gasteiger partial charge < -0.3 is 20.7 Å². The molecule has 0 radical (unpaired) electrons. The molecule has 2 aromatic rings. The first kappa shape index (κ1) is 8.78. The molecule has 20 heavy (non-hydrogen) atoms. The molecule has 0 spiro atoms. The molecule has 1 unspecified atom stereocenters. The van der Waals surface area contributed by atoms with Crippen molar-refractivity contribution in [2.45, 2.75) is 36.6 Å². The number of thiol groups is 1. The SMILES string of the molecule is [2H]C(C)(O)[C@@]1([2H])O[C@@]([2H])(n2cnc3c(N)ncnc32)[C@]([2H])(S)[C@]1([2H])O. The van der Waals surface area contributed by atoms with Gasteiger partial charge in [-0.1, -0.05) is 0 Å². The number of rotatable bonds is 2. The summed E-state index contributed by atoms with van der Waals surface area (Å²) in [6.07, 6.45) is -9.94. The Labute approximate surface area is 127 Å². The molecule has 0 saturated carbocycles. The van der Waals surface area contributed by atoms with E-state index in [1.165, 1.54) is 0 Å². The van der Waals surface area contributed by atoms with Crippen molar-refractivity contribution in [2.24, 2.45) is 0 Å². The molecule has 5 atom stereocenters. The lowest BCUT2D eigenvalue weighted by molar-refractivity contribution is -0.0749. The smallest absolute Gasteiger partial charge is 0.167 e. The van der Waals surface area contributed by atoms with Gasteiger partial charge in [0.2, 0.25) is 0 Å². The largest absolute Gasteiger partial charge is 0.391 e. The van der Waals surface area contributed by atoms with E-state index < -0.39 is 29.7 Å². The number of imidazole rings is 1. The molecule has 1 aliphatic rings. The third-order valence-corrected chi connectivity index (χ3v) is 3.15. The molecule has 8 nitrogen and oxygen atoms in total. The molecule has 0 amide bonds. The van der Waals surface area contributed by atoms with Gasteiger partial charge in [0, 0.05) is 1.37 Å². The molecule has 4 N–H and O–H groups in total. The molecular weight excluding hydrogens is 282 g/mol. The molecule has 3 heterocycles. The zero-order valence-electron chi connectivity index (χ0n) is 15.3. The van der Waals surface area contributed by atoms with Crippen molar-refractivity contribution < 1.29 is 21.8 Å². The normalized spacial score (nSPS) is 51.7. The van der Waals surface area contributed by atoms with E-state index in [-0.39, 0.29) is 17.0 Å². The number of nitrogens with two attached hydrogens (primary N) is 1. The van der Waals surface area contributed by atoms with E-state index in [0.29, 0.717) is 0 Å². The van der Waals surface area contributed by atoms with Crippen LogP contribution in [0.5, 0.6) is 0 Å². The fourth-order valence-corrected chi connectivity index (χ4v) is 2.07. The molecular formula is C11H15N5O3S. The van der Waals surface area contributed by atoms with Gasteiger partial charge in [-0.15, -0.1) is 0 Å². The van der Waals surface area contributed by atoms with E-state index in [1.807, 2.05) is 0 Å². The van der Waals surface area contributed by atoms with Crippen molar-refractivity contribution in [1.82, 2.24) is 19.5 Å². The number of aromatic nitrogens is 4. The minimum atomic E-state index is -3.29. The van der Waals surface area contributed by atoms with Crippen molar-refractivity contribution in [3.8, 4) is 0 Å². The molecule has 1 saturated heterocycles. The van der Waals surface area contributed by atoms with Crippen molar-refractivity contribution in [3.63, 3.8) is 0 Å². The highest BCUT2D eigenvalue weighted by atomic mass is 32.1. The second-order valence-electron chi connectivity index (χ2n) is 4.06. The maximum Gasteiger partial charge on any atom is 0.167 e. The first-order valence-electron chi connectivity index (χ1n) is 8.02. The Morgan fingerprint density at radius 2 is 2.35 bits per heavy atom. The van der Waals surface area contributed by atoms with E-state index in [2.05, 4.69) is 27.6 Å². The van der Waals surface area contributed by atoms with Crippen LogP contribution in [0.15, 0.2) is 12.7 Å². The highest BCUT2D eigenvalue weighted by Gasteiger charge is 2.45. The number of hydrogen-bond acceptors (Lipinski definition) is 8. The molecule has 1 aliphatic heterocycles. The third kappa shape index (κ3) is 1.94. The lowest BCUT2D eigenvalue weighted by Gasteiger charge is -2.17. The van der Waals surface area contributed by atoms with Gasteiger partial charge in [0.15, 0.2) is 17.7 Å². The molecule has 3 rings (SSSR count). The molecule has 0 aromatic carbocycles. The third-order valence-electron chi connectivity index (χ3n) is 2.75. The Morgan fingerprint density at radius 3 is 3.00 bits per heavy atom. The van der Waals surface area contributed by atoms with E-state index in [1.54, 1.807) is 0 Å². The second kappa shape index (κ2) is 4.85. The van der Waals surface area contributed by atoms with Crippen LogP contribution < -0.4 is 5.73 Å². The zero-order chi connectivity index (χ0) is 19.1. The van der Waals surface area contributed by atoms with Crippen LogP contribution in [0.1, 0.15) is 20.0 Å². The summed E-state index contributed by atoms with van der Waals surface area (Å²) in [6, 6.07) is 0. The van der Waals surface area contributed by atoms with Crippen molar-refractivity contribution in [1.29, 1.82) is 0 Å². The van der Waals surface area contributed by atoms with Crippen LogP contribution in [0.25, 0.3) is 11.2 Å². The summed E-state index contributed by atoms with van der Waals surface area (Å²) in [6.45, 7) is 0.793. The Balaban J connectivity index is 2.30. The van der Waals surface area contributed by atoms with Crippen molar-refractivity contribution in [3.05, 3.63) is 12.7 Å². The van der Waals surface area contributed by atoms with Gasteiger partial charge in [-0.25, -0.2) is 15.0 Å². The monoisotopic (exact) mass is 302 g/mol. The Bertz CT molecular complexity index is 858. The van der Waals surface area contributed by atoms with Crippen LogP contribution in [0, 0.1) is 0 Å². The van der Waals surface area contributed by atoms with Gasteiger partial charge in [-0.3, -0.25) is 4.57 Å². The lowest BCUT2D eigenvalue weighted by Crippen LogP contribution is -2.35. The van der Waals surface area contributed by atoms with Gasteiger partial charge in [-0.2, -0.15) is 12.6 Å². The molecule has 0 aliphatic carbocycles. The van der Waals surface area contributed by atoms with Crippen LogP contribution in [0.3, 0.4) is 0 Å². The standard InChI is InChI=1S/C11H15N5O3S/c1-4(17)7-6(18)8(20)11(19-7)16-3-15-5-9(12)13-2-14-10(5)16/h2-4,6-8,11,17-18,20H,1H3,(H2,12,13,14)/t4?,6-,7-,8-,11-/m1/s1/i4D,6D,7D,8D,11D. The van der Waals surface area contributed by atoms with E-state index in [4.69, 9.17) is 17.3 Å². The van der Waals surface area contributed by atoms with E-state index >= 15 is 0 Å². The summed E-state index contributed by atoms with van der Waals surface area (Å²) in [4.78, 5) is 11.5. The summed E-state index contributed by atoms with van der Waals surface area (Å²) < 4.78 is 46.5. The average Bonchev–Trinajstić information content (AvgIpc) is 2.94. The molecule has 108 valence electrons. The summed E-state index contributed by atoms with van der Waals surface area (Å²) in [5, 5.41) is 17.5. The van der Waals surface area contributed by atoms with Gasteiger partial charge in [-0.05, 0) is 6.92 Å². The number of nitrogens with zero attached hydrogens (tertiary/aromatic N) is 4. The minimum Gasteiger partial charge on any atom is -0.391 e. The number of aliphatic hydroxyl groups is 2. The topological polar surface area (TPSA) is 119 Å². The molecule has 1 fully saturated rings. The summed E-state index contributed by atoms with van der Waals surface area (Å²) >= 11 is 3.87. The second-order valence-corrected chi connectivity index (χ2v) is 4.51. The zero-order valence-corrected chi connectivity index (χ0v) is 11.2. The number of hydrogen-bond donors (Lipinski definition) is 4. The summed E-state index contributed by atoms with van der Waals surface area (Å²) in [5.74, 6) is -0.0224. The number of nitrogen functional groups attached to an aromatic ring is 1. The van der Waals surface area contributed by atoms with Gasteiger partial charge in [0.25, 0.3) is 0 Å². The Kier molecular flexibility index (Phi) is 2.13. The average molecular weight is 302 g/mol. The van der Waals surface area contributed by atoms with Crippen LogP contribution in [-0.4, -0.2) is 53.2 Å². The van der Waals surface area contributed by atoms with Crippen LogP contribution in [0.4, 0.5) is 5.82 Å². The summed E-state index contributed by atoms with van der Waals surface area (Å²) in [7, 11) is 0. The van der Waals surface area contributed by atoms with Gasteiger partial charge in [0.1, 0.15) is 17.9 Å². The fraction of sp³-hybridized carbons (Fsp3) is 0.545. The highest BCUT2D eigenvalue weighted by molar-refractivity contribution is 7.81. The maximum atomic E-state index is 10.4.